The third kappa shape index (κ3) is 8.90. The van der Waals surface area contributed by atoms with Gasteiger partial charge >= 0.3 is 0 Å². The maximum absolute atomic E-state index is 2.75. The first-order valence-electron chi connectivity index (χ1n) is 17.3. The molecule has 0 aliphatic heterocycles. The molecule has 6 heteroatoms. The number of hydrogen-bond donors (Lipinski definition) is 0. The van der Waals surface area contributed by atoms with Crippen molar-refractivity contribution in [2.24, 2.45) is 0 Å². The number of nitrogens with zero attached hydrogens (tertiary/aromatic N) is 2. The van der Waals surface area contributed by atoms with Gasteiger partial charge in [0, 0.05) is 87.9 Å². The third-order valence-corrected chi connectivity index (χ3v) is 9.33. The second kappa shape index (κ2) is 19.2. The highest BCUT2D eigenvalue weighted by Gasteiger charge is 2.34. The van der Waals surface area contributed by atoms with E-state index >= 15 is 0 Å². The zero-order valence-corrected chi connectivity index (χ0v) is 36.2. The highest BCUT2D eigenvalue weighted by molar-refractivity contribution is 9.93. The molecule has 0 radical (unpaired) electrons. The van der Waals surface area contributed by atoms with E-state index in [1.165, 1.54) is 22.3 Å². The van der Waals surface area contributed by atoms with E-state index in [0.29, 0.717) is 0 Å². The van der Waals surface area contributed by atoms with Crippen molar-refractivity contribution in [1.29, 1.82) is 0 Å². The number of aryl methyl sites for hydroxylation is 2. The molecule has 54 heavy (non-hydrogen) atoms. The van der Waals surface area contributed by atoms with E-state index in [0.717, 1.165) is 56.4 Å². The molecule has 0 spiro atoms. The highest BCUT2D eigenvalue weighted by Crippen LogP contribution is 2.34. The fourth-order valence-corrected chi connectivity index (χ4v) is 6.75. The molecule has 0 aliphatic rings. The zero-order chi connectivity index (χ0) is 35.9. The highest BCUT2D eigenvalue weighted by atomic mass is 80.9. The third-order valence-electron chi connectivity index (χ3n) is 9.33. The molecular weight excluding hydrogens is 924 g/mol. The maximum atomic E-state index is 2.75. The summed E-state index contributed by atoms with van der Waals surface area (Å²) in [5.74, 6) is 0. The first-order chi connectivity index (χ1) is 25.6. The smallest absolute Gasteiger partial charge is 0.284 e. The molecular formula is C48H38Br4N2. The van der Waals surface area contributed by atoms with E-state index in [2.05, 4.69) is 245 Å². The van der Waals surface area contributed by atoms with E-state index in [1.54, 1.807) is 0 Å². The Bertz CT molecular complexity index is 2230. The molecule has 8 rings (SSSR count). The zero-order valence-electron chi connectivity index (χ0n) is 29.9. The van der Waals surface area contributed by atoms with Gasteiger partial charge in [-0.3, -0.25) is 0 Å². The Balaban J connectivity index is 0.00000138. The van der Waals surface area contributed by atoms with Crippen molar-refractivity contribution in [3.8, 4) is 67.5 Å². The van der Waals surface area contributed by atoms with E-state index < -0.39 is 0 Å². The van der Waals surface area contributed by atoms with Crippen molar-refractivity contribution in [3.63, 3.8) is 0 Å². The monoisotopic (exact) mass is 958 g/mol. The number of rotatable bonds is 7. The molecule has 2 nitrogen and oxygen atoms in total. The molecule has 6 aromatic carbocycles. The molecule has 268 valence electrons. The quantitative estimate of drug-likeness (QED) is 0.154. The van der Waals surface area contributed by atoms with Crippen LogP contribution >= 0.6 is 28.3 Å². The predicted molar refractivity (Wildman–Crippen MR) is 224 cm³/mol. The summed E-state index contributed by atoms with van der Waals surface area (Å²) in [6.45, 7) is 4.29. The Morgan fingerprint density at radius 1 is 0.296 bits per heavy atom. The lowest BCUT2D eigenvalue weighted by Gasteiger charge is -2.15. The lowest BCUT2D eigenvalue weighted by atomic mass is 9.96. The topological polar surface area (TPSA) is 7.76 Å². The van der Waals surface area contributed by atoms with Crippen LogP contribution in [0.15, 0.2) is 194 Å². The van der Waals surface area contributed by atoms with Gasteiger partial charge in [0.25, 0.3) is 11.4 Å². The van der Waals surface area contributed by atoms with Crippen molar-refractivity contribution in [2.45, 2.75) is 13.8 Å². The summed E-state index contributed by atoms with van der Waals surface area (Å²) in [6, 6.07) is 70.1. The van der Waals surface area contributed by atoms with Crippen LogP contribution in [0.4, 0.5) is 0 Å². The minimum absolute atomic E-state index is 0. The van der Waals surface area contributed by atoms with Gasteiger partial charge in [0.1, 0.15) is 0 Å². The number of pyridine rings is 2. The second-order valence-electron chi connectivity index (χ2n) is 12.8. The molecule has 2 heterocycles. The number of benzene rings is 6. The van der Waals surface area contributed by atoms with Crippen LogP contribution in [0.3, 0.4) is 0 Å². The van der Waals surface area contributed by atoms with Crippen LogP contribution in [0.1, 0.15) is 11.1 Å². The summed E-state index contributed by atoms with van der Waals surface area (Å²) in [4.78, 5) is 0. The van der Waals surface area contributed by atoms with E-state index in [-0.39, 0.29) is 34.0 Å². The van der Waals surface area contributed by atoms with Crippen LogP contribution in [0.5, 0.6) is 0 Å². The van der Waals surface area contributed by atoms with Crippen molar-refractivity contribution in [3.05, 3.63) is 205 Å². The van der Waals surface area contributed by atoms with Gasteiger partial charge in [0.15, 0.2) is 0 Å². The lowest BCUT2D eigenvalue weighted by Crippen LogP contribution is -3.00. The Morgan fingerprint density at radius 2 is 0.556 bits per heavy atom. The van der Waals surface area contributed by atoms with Crippen molar-refractivity contribution < 1.29 is 43.1 Å². The second-order valence-corrected chi connectivity index (χ2v) is 12.8. The molecule has 8 aromatic rings. The van der Waals surface area contributed by atoms with Gasteiger partial charge in [-0.25, -0.2) is 0 Å². The van der Waals surface area contributed by atoms with Crippen LogP contribution in [0.25, 0.3) is 67.5 Å². The molecule has 0 atom stereocenters. The molecule has 0 fully saturated rings. The average Bonchev–Trinajstić information content (AvgIpc) is 3.22. The van der Waals surface area contributed by atoms with E-state index in [9.17, 15) is 0 Å². The molecule has 0 bridgehead atoms. The van der Waals surface area contributed by atoms with Crippen molar-refractivity contribution in [2.75, 3.05) is 0 Å². The molecule has 0 saturated heterocycles. The Hall–Kier alpha value is -4.46. The molecule has 2 aromatic heterocycles. The summed E-state index contributed by atoms with van der Waals surface area (Å²) >= 11 is 5.50. The molecule has 0 amide bonds. The van der Waals surface area contributed by atoms with Crippen LogP contribution in [-0.2, 0) is 0 Å². The first-order valence-corrected chi connectivity index (χ1v) is 21.0. The SMILES string of the molecule is BrBr.Cc1ccc(-[n+]2c(-c3ccccc3)cc(-c3ccccc3)cc2-c2cc(-c3ccccc3)cc(-c3ccccc3)[n+]2-c2ccc(C)cc2)cc1.[Br-].[Br-]. The number of hydrogen-bond acceptors (Lipinski definition) is 0. The fourth-order valence-electron chi connectivity index (χ4n) is 6.75. The van der Waals surface area contributed by atoms with Crippen LogP contribution < -0.4 is 43.1 Å². The average molecular weight is 962 g/mol. The minimum atomic E-state index is 0. The largest absolute Gasteiger partial charge is 1.00 e. The van der Waals surface area contributed by atoms with Gasteiger partial charge in [0.2, 0.25) is 22.8 Å². The molecule has 0 aliphatic carbocycles. The van der Waals surface area contributed by atoms with Crippen molar-refractivity contribution >= 4 is 28.3 Å². The van der Waals surface area contributed by atoms with Gasteiger partial charge in [-0.1, -0.05) is 132 Å². The van der Waals surface area contributed by atoms with Gasteiger partial charge < -0.3 is 34.0 Å². The van der Waals surface area contributed by atoms with Gasteiger partial charge in [-0.2, -0.15) is 0 Å². The normalized spacial score (nSPS) is 10.3. The summed E-state index contributed by atoms with van der Waals surface area (Å²) < 4.78 is 4.87. The minimum Gasteiger partial charge on any atom is -1.00 e. The van der Waals surface area contributed by atoms with E-state index in [1.807, 2.05) is 0 Å². The maximum Gasteiger partial charge on any atom is 0.284 e. The van der Waals surface area contributed by atoms with E-state index in [4.69, 9.17) is 0 Å². The Morgan fingerprint density at radius 3 is 0.852 bits per heavy atom. The number of halogens is 4. The standard InChI is InChI=1S/C48H38N2.Br2.2BrH/c1-35-23-27-43(28-24-35)49-45(39-19-11-5-12-20-39)31-41(37-15-7-3-8-16-37)33-47(49)48-34-42(38-17-9-4-10-18-38)32-46(40-21-13-6-14-22-40)50(48)44-29-25-36(2)26-30-44;1-2;;/h3-34H,1-2H3;;2*1H/q+2;;;/p-2. The van der Waals surface area contributed by atoms with Gasteiger partial charge in [-0.05, 0) is 60.4 Å². The first kappa shape index (κ1) is 40.7. The van der Waals surface area contributed by atoms with Crippen LogP contribution in [-0.4, -0.2) is 0 Å². The molecule has 0 N–H and O–H groups in total. The van der Waals surface area contributed by atoms with Crippen LogP contribution in [0, 0.1) is 13.8 Å². The summed E-state index contributed by atoms with van der Waals surface area (Å²) in [5.41, 5.74) is 16.0. The number of aromatic nitrogens is 2. The fraction of sp³-hybridized carbons (Fsp3) is 0.0417. The summed E-state index contributed by atoms with van der Waals surface area (Å²) in [7, 11) is 0. The predicted octanol–water partition coefficient (Wildman–Crippen LogP) is 6.89. The van der Waals surface area contributed by atoms with Crippen LogP contribution in [0.2, 0.25) is 0 Å². The van der Waals surface area contributed by atoms with Crippen molar-refractivity contribution in [1.82, 2.24) is 0 Å². The molecule has 0 unspecified atom stereocenters. The Kier molecular flexibility index (Phi) is 14.5. The Labute approximate surface area is 355 Å². The van der Waals surface area contributed by atoms with Gasteiger partial charge in [0.05, 0.1) is 0 Å². The summed E-state index contributed by atoms with van der Waals surface area (Å²) in [5, 5.41) is 0. The van der Waals surface area contributed by atoms with Gasteiger partial charge in [-0.15, -0.1) is 9.13 Å². The summed E-state index contributed by atoms with van der Waals surface area (Å²) in [6.07, 6.45) is 0. The molecule has 0 saturated carbocycles. The lowest BCUT2D eigenvalue weighted by molar-refractivity contribution is -0.604.